The molecule has 136 valence electrons. The van der Waals surface area contributed by atoms with Gasteiger partial charge in [-0.3, -0.25) is 4.79 Å². The number of carbonyl (C=O) groups excluding carboxylic acids is 1. The summed E-state index contributed by atoms with van der Waals surface area (Å²) in [7, 11) is 0. The SMILES string of the molecule is CC(C)Cc1ccc(C(C)NC(=O)CCC2CCNCC2)cc1.Cl. The molecule has 1 fully saturated rings. The Labute approximate surface area is 153 Å². The van der Waals surface area contributed by atoms with E-state index in [2.05, 4.69) is 55.7 Å². The van der Waals surface area contributed by atoms with Gasteiger partial charge in [0, 0.05) is 6.42 Å². The van der Waals surface area contributed by atoms with Crippen LogP contribution in [0.15, 0.2) is 24.3 Å². The minimum Gasteiger partial charge on any atom is -0.350 e. The Balaban J connectivity index is 0.00000288. The standard InChI is InChI=1S/C20H32N2O.ClH/c1-15(2)14-18-4-7-19(8-5-18)16(3)22-20(23)9-6-17-10-12-21-13-11-17;/h4-5,7-8,15-17,21H,6,9-14H2,1-3H3,(H,22,23);1H. The molecular weight excluding hydrogens is 320 g/mol. The number of carbonyl (C=O) groups is 1. The highest BCUT2D eigenvalue weighted by atomic mass is 35.5. The first-order chi connectivity index (χ1) is 11.0. The Morgan fingerprint density at radius 2 is 1.79 bits per heavy atom. The number of hydrogen-bond donors (Lipinski definition) is 2. The van der Waals surface area contributed by atoms with Gasteiger partial charge in [0.05, 0.1) is 6.04 Å². The van der Waals surface area contributed by atoms with Crippen molar-refractivity contribution in [2.45, 2.75) is 58.9 Å². The first kappa shape index (κ1) is 21.0. The van der Waals surface area contributed by atoms with Crippen LogP contribution in [0.25, 0.3) is 0 Å². The number of amides is 1. The summed E-state index contributed by atoms with van der Waals surface area (Å²) in [5, 5.41) is 6.51. The molecule has 0 aliphatic carbocycles. The maximum atomic E-state index is 12.2. The van der Waals surface area contributed by atoms with E-state index in [1.54, 1.807) is 0 Å². The average molecular weight is 353 g/mol. The highest BCUT2D eigenvalue weighted by Crippen LogP contribution is 2.19. The molecule has 2 N–H and O–H groups in total. The maximum Gasteiger partial charge on any atom is 0.220 e. The predicted octanol–water partition coefficient (Wildman–Crippen LogP) is 4.26. The van der Waals surface area contributed by atoms with Crippen molar-refractivity contribution < 1.29 is 4.79 Å². The molecule has 1 saturated heterocycles. The second-order valence-corrected chi connectivity index (χ2v) is 7.36. The number of halogens is 1. The number of rotatable bonds is 7. The molecule has 0 saturated carbocycles. The van der Waals surface area contributed by atoms with Crippen LogP contribution in [-0.4, -0.2) is 19.0 Å². The van der Waals surface area contributed by atoms with Gasteiger partial charge in [-0.05, 0) is 68.7 Å². The van der Waals surface area contributed by atoms with Gasteiger partial charge in [0.15, 0.2) is 0 Å². The summed E-state index contributed by atoms with van der Waals surface area (Å²) in [5.41, 5.74) is 2.56. The van der Waals surface area contributed by atoms with Crippen molar-refractivity contribution in [3.8, 4) is 0 Å². The molecule has 1 aromatic carbocycles. The second-order valence-electron chi connectivity index (χ2n) is 7.36. The highest BCUT2D eigenvalue weighted by Gasteiger charge is 2.15. The van der Waals surface area contributed by atoms with Crippen molar-refractivity contribution >= 4 is 18.3 Å². The lowest BCUT2D eigenvalue weighted by atomic mass is 9.93. The predicted molar refractivity (Wildman–Crippen MR) is 104 cm³/mol. The molecule has 2 rings (SSSR count). The second kappa shape index (κ2) is 10.7. The van der Waals surface area contributed by atoms with Crippen LogP contribution in [0.4, 0.5) is 0 Å². The zero-order valence-corrected chi connectivity index (χ0v) is 16.1. The van der Waals surface area contributed by atoms with E-state index in [0.29, 0.717) is 18.3 Å². The van der Waals surface area contributed by atoms with E-state index in [9.17, 15) is 4.79 Å². The van der Waals surface area contributed by atoms with Crippen LogP contribution in [0.2, 0.25) is 0 Å². The van der Waals surface area contributed by atoms with Crippen LogP contribution in [0.1, 0.15) is 63.6 Å². The van der Waals surface area contributed by atoms with Gasteiger partial charge in [0.1, 0.15) is 0 Å². The summed E-state index contributed by atoms with van der Waals surface area (Å²) in [6, 6.07) is 8.76. The van der Waals surface area contributed by atoms with Gasteiger partial charge in [-0.2, -0.15) is 0 Å². The zero-order valence-electron chi connectivity index (χ0n) is 15.3. The van der Waals surface area contributed by atoms with Gasteiger partial charge in [-0.1, -0.05) is 38.1 Å². The molecule has 0 spiro atoms. The van der Waals surface area contributed by atoms with Gasteiger partial charge in [-0.15, -0.1) is 12.4 Å². The summed E-state index contributed by atoms with van der Waals surface area (Å²) >= 11 is 0. The Bertz CT molecular complexity index is 481. The molecule has 1 amide bonds. The van der Waals surface area contributed by atoms with Crippen molar-refractivity contribution in [2.75, 3.05) is 13.1 Å². The number of nitrogens with one attached hydrogen (secondary N) is 2. The van der Waals surface area contributed by atoms with E-state index in [0.717, 1.165) is 25.9 Å². The minimum atomic E-state index is 0. The van der Waals surface area contributed by atoms with Crippen molar-refractivity contribution in [1.82, 2.24) is 10.6 Å². The summed E-state index contributed by atoms with van der Waals surface area (Å²) in [6.07, 6.45) is 5.20. The smallest absolute Gasteiger partial charge is 0.220 e. The zero-order chi connectivity index (χ0) is 16.7. The van der Waals surface area contributed by atoms with Crippen LogP contribution >= 0.6 is 12.4 Å². The van der Waals surface area contributed by atoms with Crippen LogP contribution in [0.5, 0.6) is 0 Å². The summed E-state index contributed by atoms with van der Waals surface area (Å²) in [4.78, 5) is 12.2. The Hall–Kier alpha value is -1.06. The fraction of sp³-hybridized carbons (Fsp3) is 0.650. The normalized spacial score (nSPS) is 16.5. The molecule has 3 nitrogen and oxygen atoms in total. The quantitative estimate of drug-likeness (QED) is 0.769. The Morgan fingerprint density at radius 3 is 2.38 bits per heavy atom. The lowest BCUT2D eigenvalue weighted by Gasteiger charge is -2.22. The number of piperidine rings is 1. The molecule has 0 bridgehead atoms. The molecular formula is C20H33ClN2O. The van der Waals surface area contributed by atoms with Gasteiger partial charge in [0.25, 0.3) is 0 Å². The minimum absolute atomic E-state index is 0. The topological polar surface area (TPSA) is 41.1 Å². The summed E-state index contributed by atoms with van der Waals surface area (Å²) in [5.74, 6) is 1.57. The van der Waals surface area contributed by atoms with Crippen LogP contribution in [0, 0.1) is 11.8 Å². The van der Waals surface area contributed by atoms with E-state index in [1.165, 1.54) is 24.0 Å². The van der Waals surface area contributed by atoms with Gasteiger partial charge in [0.2, 0.25) is 5.91 Å². The van der Waals surface area contributed by atoms with Crippen molar-refractivity contribution in [3.05, 3.63) is 35.4 Å². The third kappa shape index (κ3) is 7.23. The molecule has 1 aromatic rings. The lowest BCUT2D eigenvalue weighted by molar-refractivity contribution is -0.122. The van der Waals surface area contributed by atoms with E-state index in [-0.39, 0.29) is 24.4 Å². The highest BCUT2D eigenvalue weighted by molar-refractivity contribution is 5.85. The van der Waals surface area contributed by atoms with Gasteiger partial charge in [-0.25, -0.2) is 0 Å². The van der Waals surface area contributed by atoms with Gasteiger partial charge >= 0.3 is 0 Å². The van der Waals surface area contributed by atoms with Crippen molar-refractivity contribution in [1.29, 1.82) is 0 Å². The van der Waals surface area contributed by atoms with Crippen LogP contribution in [-0.2, 0) is 11.2 Å². The van der Waals surface area contributed by atoms with Crippen molar-refractivity contribution in [3.63, 3.8) is 0 Å². The molecule has 1 heterocycles. The monoisotopic (exact) mass is 352 g/mol. The molecule has 4 heteroatoms. The summed E-state index contributed by atoms with van der Waals surface area (Å²) < 4.78 is 0. The third-order valence-electron chi connectivity index (χ3n) is 4.74. The van der Waals surface area contributed by atoms with E-state index < -0.39 is 0 Å². The van der Waals surface area contributed by atoms with Crippen LogP contribution < -0.4 is 10.6 Å². The van der Waals surface area contributed by atoms with E-state index in [1.807, 2.05) is 0 Å². The lowest BCUT2D eigenvalue weighted by Crippen LogP contribution is -2.30. The van der Waals surface area contributed by atoms with Crippen molar-refractivity contribution in [2.24, 2.45) is 11.8 Å². The first-order valence-electron chi connectivity index (χ1n) is 9.13. The van der Waals surface area contributed by atoms with E-state index >= 15 is 0 Å². The molecule has 0 aromatic heterocycles. The Kier molecular flexibility index (Phi) is 9.38. The molecule has 1 atom stereocenters. The number of hydrogen-bond acceptors (Lipinski definition) is 2. The fourth-order valence-corrected chi connectivity index (χ4v) is 3.32. The fourth-order valence-electron chi connectivity index (χ4n) is 3.32. The Morgan fingerprint density at radius 1 is 1.17 bits per heavy atom. The largest absolute Gasteiger partial charge is 0.350 e. The maximum absolute atomic E-state index is 12.2. The number of benzene rings is 1. The molecule has 1 unspecified atom stereocenters. The molecule has 1 aliphatic heterocycles. The summed E-state index contributed by atoms with van der Waals surface area (Å²) in [6.45, 7) is 8.75. The third-order valence-corrected chi connectivity index (χ3v) is 4.74. The molecule has 24 heavy (non-hydrogen) atoms. The van der Waals surface area contributed by atoms with Gasteiger partial charge < -0.3 is 10.6 Å². The van der Waals surface area contributed by atoms with E-state index in [4.69, 9.17) is 0 Å². The average Bonchev–Trinajstić information content (AvgIpc) is 2.54. The van der Waals surface area contributed by atoms with Crippen LogP contribution in [0.3, 0.4) is 0 Å². The molecule has 1 aliphatic rings. The first-order valence-corrected chi connectivity index (χ1v) is 9.13. The molecule has 0 radical (unpaired) electrons.